The van der Waals surface area contributed by atoms with Crippen molar-refractivity contribution in [1.82, 2.24) is 9.47 Å². The number of aryl methyl sites for hydroxylation is 1. The van der Waals surface area contributed by atoms with Gasteiger partial charge in [0.2, 0.25) is 11.8 Å². The Morgan fingerprint density at radius 1 is 1.03 bits per heavy atom. The lowest BCUT2D eigenvalue weighted by atomic mass is 10.1. The van der Waals surface area contributed by atoms with Crippen molar-refractivity contribution in [2.75, 3.05) is 32.7 Å². The summed E-state index contributed by atoms with van der Waals surface area (Å²) in [5.41, 5.74) is 3.66. The molecular weight excluding hydrogens is 500 g/mol. The molecule has 2 amide bonds. The Labute approximate surface area is 225 Å². The van der Waals surface area contributed by atoms with Gasteiger partial charge < -0.3 is 19.4 Å². The Kier molecular flexibility index (Phi) is 7.67. The molecule has 9 heteroatoms. The number of thioether (sulfide) groups is 1. The molecule has 1 aromatic heterocycles. The minimum atomic E-state index is -0.578. The molecule has 1 saturated heterocycles. The van der Waals surface area contributed by atoms with Gasteiger partial charge in [-0.05, 0) is 43.3 Å². The van der Waals surface area contributed by atoms with Gasteiger partial charge in [0.05, 0.1) is 31.6 Å². The van der Waals surface area contributed by atoms with Gasteiger partial charge in [-0.2, -0.15) is 0 Å². The van der Waals surface area contributed by atoms with Crippen LogP contribution in [0.1, 0.15) is 13.3 Å². The van der Waals surface area contributed by atoms with Crippen LogP contribution in [0.25, 0.3) is 21.8 Å². The van der Waals surface area contributed by atoms with Crippen LogP contribution >= 0.6 is 11.8 Å². The maximum atomic E-state index is 13.3. The Morgan fingerprint density at radius 2 is 1.79 bits per heavy atom. The summed E-state index contributed by atoms with van der Waals surface area (Å²) in [5, 5.41) is 5.14. The van der Waals surface area contributed by atoms with E-state index in [1.54, 1.807) is 31.3 Å². The van der Waals surface area contributed by atoms with Gasteiger partial charge in [-0.1, -0.05) is 42.1 Å². The van der Waals surface area contributed by atoms with Gasteiger partial charge in [-0.25, -0.2) is 4.99 Å². The standard InChI is InChI=1S/C29H30N4O4S/c1-4-32-23-11-7-5-9-20(23)21-17-19(13-14-24(21)32)30-29-33(15-16-36-2)28(35)26(38-29)18-27(34)31-22-10-6-8-12-25(22)37-3/h5-14,17,26H,4,15-16,18H2,1-3H3,(H,31,34)/t26-/m0/s1. The summed E-state index contributed by atoms with van der Waals surface area (Å²) in [4.78, 5) is 32.7. The highest BCUT2D eigenvalue weighted by atomic mass is 32.2. The van der Waals surface area contributed by atoms with E-state index >= 15 is 0 Å². The van der Waals surface area contributed by atoms with Crippen LogP contribution in [0.15, 0.2) is 71.7 Å². The minimum absolute atomic E-state index is 0.0209. The van der Waals surface area contributed by atoms with Crippen molar-refractivity contribution in [3.63, 3.8) is 0 Å². The molecule has 0 bridgehead atoms. The van der Waals surface area contributed by atoms with Gasteiger partial charge >= 0.3 is 0 Å². The Bertz CT molecular complexity index is 1530. The lowest BCUT2D eigenvalue weighted by molar-refractivity contribution is -0.128. The number of aliphatic imine (C=N–C) groups is 1. The fourth-order valence-corrected chi connectivity index (χ4v) is 5.98. The zero-order valence-corrected chi connectivity index (χ0v) is 22.5. The molecule has 196 valence electrons. The molecule has 0 radical (unpaired) electrons. The van der Waals surface area contributed by atoms with Crippen LogP contribution in [0.5, 0.6) is 5.75 Å². The van der Waals surface area contributed by atoms with E-state index in [0.717, 1.165) is 23.1 Å². The van der Waals surface area contributed by atoms with Crippen molar-refractivity contribution in [1.29, 1.82) is 0 Å². The molecule has 2 heterocycles. The highest BCUT2D eigenvalue weighted by molar-refractivity contribution is 8.15. The number of hydrogen-bond acceptors (Lipinski definition) is 6. The van der Waals surface area contributed by atoms with Crippen molar-refractivity contribution >= 4 is 61.9 Å². The largest absolute Gasteiger partial charge is 0.495 e. The molecule has 1 atom stereocenters. The predicted molar refractivity (Wildman–Crippen MR) is 153 cm³/mol. The van der Waals surface area contributed by atoms with Gasteiger partial charge in [0.15, 0.2) is 5.17 Å². The highest BCUT2D eigenvalue weighted by Gasteiger charge is 2.39. The van der Waals surface area contributed by atoms with E-state index in [-0.39, 0.29) is 18.2 Å². The van der Waals surface area contributed by atoms with Crippen molar-refractivity contribution in [3.8, 4) is 5.75 Å². The van der Waals surface area contributed by atoms with Gasteiger partial charge in [-0.15, -0.1) is 0 Å². The minimum Gasteiger partial charge on any atom is -0.495 e. The third-order valence-electron chi connectivity index (χ3n) is 6.59. The summed E-state index contributed by atoms with van der Waals surface area (Å²) in [6.45, 7) is 3.74. The summed E-state index contributed by atoms with van der Waals surface area (Å²) in [7, 11) is 3.15. The molecule has 3 aromatic carbocycles. The van der Waals surface area contributed by atoms with Gasteiger partial charge in [-0.3, -0.25) is 14.5 Å². The molecule has 0 saturated carbocycles. The number of para-hydroxylation sites is 3. The molecule has 1 aliphatic rings. The Morgan fingerprint density at radius 3 is 2.58 bits per heavy atom. The number of nitrogens with one attached hydrogen (secondary N) is 1. The number of carbonyl (C=O) groups is 2. The zero-order chi connectivity index (χ0) is 26.6. The Balaban J connectivity index is 1.42. The molecule has 0 aliphatic carbocycles. The van der Waals surface area contributed by atoms with Crippen LogP contribution < -0.4 is 10.1 Å². The molecule has 38 heavy (non-hydrogen) atoms. The van der Waals surface area contributed by atoms with E-state index in [9.17, 15) is 9.59 Å². The second-order valence-electron chi connectivity index (χ2n) is 8.90. The van der Waals surface area contributed by atoms with Crippen molar-refractivity contribution in [2.24, 2.45) is 4.99 Å². The molecule has 1 aliphatic heterocycles. The Hall–Kier alpha value is -3.82. The van der Waals surface area contributed by atoms with Crippen LogP contribution in [0, 0.1) is 0 Å². The normalized spacial score (nSPS) is 16.6. The SMILES string of the molecule is CCn1c2ccccc2c2cc(N=C3S[C@@H](CC(=O)Nc4ccccc4OC)C(=O)N3CCOC)ccc21. The number of carbonyl (C=O) groups excluding carboxylic acids is 2. The smallest absolute Gasteiger partial charge is 0.242 e. The van der Waals surface area contributed by atoms with Crippen LogP contribution in [-0.2, 0) is 20.9 Å². The number of amides is 2. The number of nitrogens with zero attached hydrogens (tertiary/aromatic N) is 3. The third-order valence-corrected chi connectivity index (χ3v) is 7.76. The molecular formula is C29H30N4O4S. The molecule has 0 unspecified atom stereocenters. The molecule has 5 rings (SSSR count). The monoisotopic (exact) mass is 530 g/mol. The van der Waals surface area contributed by atoms with Crippen LogP contribution in [0.4, 0.5) is 11.4 Å². The number of methoxy groups -OCH3 is 2. The number of hydrogen-bond donors (Lipinski definition) is 1. The average Bonchev–Trinajstić information content (AvgIpc) is 3.40. The van der Waals surface area contributed by atoms with Crippen molar-refractivity contribution in [2.45, 2.75) is 25.1 Å². The second kappa shape index (κ2) is 11.3. The summed E-state index contributed by atoms with van der Waals surface area (Å²) in [6, 6.07) is 21.7. The van der Waals surface area contributed by atoms with E-state index < -0.39 is 5.25 Å². The van der Waals surface area contributed by atoms with Gasteiger partial charge in [0.25, 0.3) is 0 Å². The van der Waals surface area contributed by atoms with Crippen molar-refractivity contribution < 1.29 is 19.1 Å². The number of fused-ring (bicyclic) bond motifs is 3. The number of amidine groups is 1. The number of anilines is 1. The van der Waals surface area contributed by atoms with Crippen molar-refractivity contribution in [3.05, 3.63) is 66.7 Å². The molecule has 4 aromatic rings. The fraction of sp³-hybridized carbons (Fsp3) is 0.276. The third kappa shape index (κ3) is 4.99. The quantitative estimate of drug-likeness (QED) is 0.312. The van der Waals surface area contributed by atoms with E-state index in [4.69, 9.17) is 14.5 Å². The maximum Gasteiger partial charge on any atom is 0.242 e. The van der Waals surface area contributed by atoms with E-state index in [0.29, 0.717) is 29.8 Å². The van der Waals surface area contributed by atoms with Crippen LogP contribution in [-0.4, -0.2) is 59.1 Å². The second-order valence-corrected chi connectivity index (χ2v) is 10.1. The molecule has 1 N–H and O–H groups in total. The number of benzene rings is 3. The van der Waals surface area contributed by atoms with Gasteiger partial charge in [0, 0.05) is 41.9 Å². The lowest BCUT2D eigenvalue weighted by Gasteiger charge is -2.16. The fourth-order valence-electron chi connectivity index (χ4n) is 4.79. The molecule has 8 nitrogen and oxygen atoms in total. The number of ether oxygens (including phenoxy) is 2. The highest BCUT2D eigenvalue weighted by Crippen LogP contribution is 2.35. The predicted octanol–water partition coefficient (Wildman–Crippen LogP) is 5.43. The first-order chi connectivity index (χ1) is 18.5. The summed E-state index contributed by atoms with van der Waals surface area (Å²) >= 11 is 1.31. The average molecular weight is 531 g/mol. The number of rotatable bonds is 9. The zero-order valence-electron chi connectivity index (χ0n) is 21.6. The van der Waals surface area contributed by atoms with E-state index in [1.807, 2.05) is 30.3 Å². The van der Waals surface area contributed by atoms with Crippen LogP contribution in [0.3, 0.4) is 0 Å². The van der Waals surface area contributed by atoms with E-state index in [1.165, 1.54) is 22.7 Å². The maximum absolute atomic E-state index is 13.3. The van der Waals surface area contributed by atoms with E-state index in [2.05, 4.69) is 41.1 Å². The molecule has 0 spiro atoms. The summed E-state index contributed by atoms with van der Waals surface area (Å²) in [5.74, 6) is 0.154. The first-order valence-corrected chi connectivity index (χ1v) is 13.4. The first-order valence-electron chi connectivity index (χ1n) is 12.5. The lowest BCUT2D eigenvalue weighted by Crippen LogP contribution is -2.35. The summed E-state index contributed by atoms with van der Waals surface area (Å²) in [6.07, 6.45) is 0.0209. The number of aromatic nitrogens is 1. The summed E-state index contributed by atoms with van der Waals surface area (Å²) < 4.78 is 12.8. The molecule has 1 fully saturated rings. The van der Waals surface area contributed by atoms with Crippen LogP contribution in [0.2, 0.25) is 0 Å². The topological polar surface area (TPSA) is 85.2 Å². The van der Waals surface area contributed by atoms with Gasteiger partial charge in [0.1, 0.15) is 11.0 Å². The first kappa shape index (κ1) is 25.8.